The third-order valence-electron chi connectivity index (χ3n) is 4.16. The molecule has 0 spiro atoms. The molecule has 0 aliphatic rings. The third kappa shape index (κ3) is 5.44. The van der Waals surface area contributed by atoms with Gasteiger partial charge < -0.3 is 15.4 Å². The minimum Gasteiger partial charge on any atom is -0.494 e. The molecule has 0 aliphatic heterocycles. The van der Waals surface area contributed by atoms with E-state index in [0.717, 1.165) is 18.5 Å². The number of nitrogens with one attached hydrogen (secondary N) is 2. The number of methoxy groups -OCH3 is 1. The van der Waals surface area contributed by atoms with E-state index >= 15 is 0 Å². The fourth-order valence-corrected chi connectivity index (χ4v) is 2.63. The van der Waals surface area contributed by atoms with Crippen molar-refractivity contribution in [2.24, 2.45) is 4.99 Å². The van der Waals surface area contributed by atoms with Gasteiger partial charge in [0.1, 0.15) is 0 Å². The van der Waals surface area contributed by atoms with Crippen LogP contribution >= 0.6 is 0 Å². The normalized spacial score (nSPS) is 12.6. The van der Waals surface area contributed by atoms with Gasteiger partial charge in [0, 0.05) is 25.5 Å². The zero-order valence-electron chi connectivity index (χ0n) is 15.8. The molecule has 2 aromatic rings. The van der Waals surface area contributed by atoms with E-state index in [1.54, 1.807) is 12.3 Å². The first kappa shape index (κ1) is 19.7. The summed E-state index contributed by atoms with van der Waals surface area (Å²) in [4.78, 5) is 8.74. The Kier molecular flexibility index (Phi) is 7.38. The molecule has 2 N–H and O–H groups in total. The quantitative estimate of drug-likeness (QED) is 0.588. The molecule has 1 aromatic carbocycles. The molecular weight excluding hydrogens is 331 g/mol. The molecule has 26 heavy (non-hydrogen) atoms. The summed E-state index contributed by atoms with van der Waals surface area (Å²) in [6, 6.07) is 6.91. The van der Waals surface area contributed by atoms with Crippen LogP contribution in [0.15, 0.2) is 41.7 Å². The Morgan fingerprint density at radius 1 is 1.35 bits per heavy atom. The highest BCUT2D eigenvalue weighted by Gasteiger charge is 2.11. The number of ether oxygens (including phenoxy) is 1. The van der Waals surface area contributed by atoms with Crippen LogP contribution in [0.1, 0.15) is 36.6 Å². The van der Waals surface area contributed by atoms with Crippen LogP contribution in [0, 0.1) is 12.7 Å². The third-order valence-corrected chi connectivity index (χ3v) is 4.16. The van der Waals surface area contributed by atoms with E-state index in [4.69, 9.17) is 4.74 Å². The number of benzene rings is 1. The monoisotopic (exact) mass is 358 g/mol. The second kappa shape index (κ2) is 9.75. The van der Waals surface area contributed by atoms with E-state index in [2.05, 4.69) is 27.5 Å². The van der Waals surface area contributed by atoms with Crippen molar-refractivity contribution in [1.29, 1.82) is 0 Å². The van der Waals surface area contributed by atoms with E-state index in [9.17, 15) is 4.39 Å². The van der Waals surface area contributed by atoms with Gasteiger partial charge in [-0.3, -0.25) is 9.98 Å². The van der Waals surface area contributed by atoms with E-state index in [1.165, 1.54) is 24.3 Å². The number of guanidine groups is 1. The van der Waals surface area contributed by atoms with Crippen LogP contribution in [0.5, 0.6) is 5.75 Å². The van der Waals surface area contributed by atoms with Gasteiger partial charge in [-0.2, -0.15) is 0 Å². The number of hydrogen-bond acceptors (Lipinski definition) is 3. The molecular formula is C20H27FN4O. The van der Waals surface area contributed by atoms with E-state index in [-0.39, 0.29) is 17.6 Å². The Balaban J connectivity index is 2.02. The number of aryl methyl sites for hydroxylation is 1. The molecule has 1 heterocycles. The highest BCUT2D eigenvalue weighted by atomic mass is 19.1. The molecule has 1 atom stereocenters. The number of aromatic nitrogens is 1. The summed E-state index contributed by atoms with van der Waals surface area (Å²) < 4.78 is 18.9. The molecule has 2 rings (SSSR count). The van der Waals surface area contributed by atoms with Gasteiger partial charge in [0.05, 0.1) is 13.2 Å². The molecule has 5 nitrogen and oxygen atoms in total. The minimum absolute atomic E-state index is 0.0872. The average molecular weight is 358 g/mol. The second-order valence-electron chi connectivity index (χ2n) is 6.07. The summed E-state index contributed by atoms with van der Waals surface area (Å²) in [7, 11) is 1.46. The van der Waals surface area contributed by atoms with Gasteiger partial charge in [0.2, 0.25) is 0 Å². The fourth-order valence-electron chi connectivity index (χ4n) is 2.63. The number of rotatable bonds is 7. The lowest BCUT2D eigenvalue weighted by molar-refractivity contribution is 0.386. The van der Waals surface area contributed by atoms with E-state index in [1.807, 2.05) is 32.2 Å². The maximum atomic E-state index is 13.9. The van der Waals surface area contributed by atoms with Crippen LogP contribution in [-0.2, 0) is 6.42 Å². The summed E-state index contributed by atoms with van der Waals surface area (Å²) >= 11 is 0. The topological polar surface area (TPSA) is 58.5 Å². The van der Waals surface area contributed by atoms with Crippen molar-refractivity contribution in [3.05, 3.63) is 59.2 Å². The molecule has 0 fully saturated rings. The fraction of sp³-hybridized carbons (Fsp3) is 0.400. The lowest BCUT2D eigenvalue weighted by Gasteiger charge is -2.19. The maximum Gasteiger partial charge on any atom is 0.191 e. The predicted octanol–water partition coefficient (Wildman–Crippen LogP) is 3.40. The highest BCUT2D eigenvalue weighted by molar-refractivity contribution is 5.80. The zero-order valence-corrected chi connectivity index (χ0v) is 15.8. The Morgan fingerprint density at radius 2 is 2.15 bits per heavy atom. The van der Waals surface area contributed by atoms with Gasteiger partial charge in [-0.15, -0.1) is 0 Å². The lowest BCUT2D eigenvalue weighted by atomic mass is 10.1. The summed E-state index contributed by atoms with van der Waals surface area (Å²) in [5, 5.41) is 6.55. The van der Waals surface area contributed by atoms with Crippen LogP contribution in [0.25, 0.3) is 0 Å². The zero-order chi connectivity index (χ0) is 18.9. The first-order chi connectivity index (χ1) is 12.5. The molecule has 1 aromatic heterocycles. The van der Waals surface area contributed by atoms with E-state index in [0.29, 0.717) is 12.5 Å². The number of nitrogens with zero attached hydrogens (tertiary/aromatic N) is 2. The van der Waals surface area contributed by atoms with E-state index < -0.39 is 0 Å². The number of pyridine rings is 1. The van der Waals surface area contributed by atoms with Crippen LogP contribution in [0.4, 0.5) is 4.39 Å². The van der Waals surface area contributed by atoms with Gasteiger partial charge in [-0.25, -0.2) is 4.39 Å². The van der Waals surface area contributed by atoms with Gasteiger partial charge in [0.25, 0.3) is 0 Å². The van der Waals surface area contributed by atoms with Crippen molar-refractivity contribution in [2.75, 3.05) is 20.2 Å². The standard InChI is InChI=1S/C20H27FN4O/c1-5-23-20(24-11-9-16-8-10-22-13-14(16)2)25-15(3)17-6-7-19(26-4)18(21)12-17/h6-8,10,12-13,15H,5,9,11H2,1-4H3,(H2,23,24,25). The number of hydrogen-bond donors (Lipinski definition) is 2. The van der Waals surface area contributed by atoms with Gasteiger partial charge in [-0.1, -0.05) is 6.07 Å². The maximum absolute atomic E-state index is 13.9. The summed E-state index contributed by atoms with van der Waals surface area (Å²) in [5.41, 5.74) is 3.24. The van der Waals surface area contributed by atoms with Gasteiger partial charge in [-0.05, 0) is 62.1 Å². The van der Waals surface area contributed by atoms with Gasteiger partial charge in [0.15, 0.2) is 17.5 Å². The smallest absolute Gasteiger partial charge is 0.191 e. The van der Waals surface area contributed by atoms with Crippen molar-refractivity contribution in [1.82, 2.24) is 15.6 Å². The molecule has 0 radical (unpaired) electrons. The number of halogens is 1. The van der Waals surface area contributed by atoms with Crippen LogP contribution in [0.3, 0.4) is 0 Å². The molecule has 0 saturated heterocycles. The minimum atomic E-state index is -0.367. The molecule has 0 amide bonds. The molecule has 0 saturated carbocycles. The largest absolute Gasteiger partial charge is 0.494 e. The van der Waals surface area contributed by atoms with Crippen molar-refractivity contribution < 1.29 is 9.13 Å². The number of aliphatic imine (C=N–C) groups is 1. The molecule has 6 heteroatoms. The van der Waals surface area contributed by atoms with Crippen molar-refractivity contribution in [2.45, 2.75) is 33.2 Å². The van der Waals surface area contributed by atoms with Crippen LogP contribution in [0.2, 0.25) is 0 Å². The van der Waals surface area contributed by atoms with Crippen LogP contribution in [-0.4, -0.2) is 31.1 Å². The van der Waals surface area contributed by atoms with Crippen LogP contribution < -0.4 is 15.4 Å². The molecule has 140 valence electrons. The Bertz CT molecular complexity index is 748. The SMILES string of the molecule is CCNC(=NCCc1ccncc1C)NC(C)c1ccc(OC)c(F)c1. The summed E-state index contributed by atoms with van der Waals surface area (Å²) in [5.74, 6) is 0.589. The highest BCUT2D eigenvalue weighted by Crippen LogP contribution is 2.21. The summed E-state index contributed by atoms with van der Waals surface area (Å²) in [6.45, 7) is 7.45. The second-order valence-corrected chi connectivity index (χ2v) is 6.07. The Labute approximate surface area is 154 Å². The molecule has 1 unspecified atom stereocenters. The van der Waals surface area contributed by atoms with Crippen molar-refractivity contribution >= 4 is 5.96 Å². The molecule has 0 aliphatic carbocycles. The first-order valence-corrected chi connectivity index (χ1v) is 8.83. The lowest BCUT2D eigenvalue weighted by Crippen LogP contribution is -2.38. The van der Waals surface area contributed by atoms with Crippen molar-refractivity contribution in [3.63, 3.8) is 0 Å². The Morgan fingerprint density at radius 3 is 2.81 bits per heavy atom. The molecule has 0 bridgehead atoms. The predicted molar refractivity (Wildman–Crippen MR) is 103 cm³/mol. The summed E-state index contributed by atoms with van der Waals surface area (Å²) in [6.07, 6.45) is 4.51. The van der Waals surface area contributed by atoms with Gasteiger partial charge >= 0.3 is 0 Å². The Hall–Kier alpha value is -2.63. The average Bonchev–Trinajstić information content (AvgIpc) is 2.63. The van der Waals surface area contributed by atoms with Crippen molar-refractivity contribution in [3.8, 4) is 5.75 Å². The first-order valence-electron chi connectivity index (χ1n) is 8.83.